The van der Waals surface area contributed by atoms with Gasteiger partial charge in [0.25, 0.3) is 0 Å². The smallest absolute Gasteiger partial charge is 0.335 e. The van der Waals surface area contributed by atoms with E-state index in [1.807, 2.05) is 0 Å². The molecule has 0 spiro atoms. The second-order valence-corrected chi connectivity index (χ2v) is 7.90. The van der Waals surface area contributed by atoms with E-state index in [9.17, 15) is 14.0 Å². The number of carbonyl (C=O) groups excluding carboxylic acids is 2. The lowest BCUT2D eigenvalue weighted by Crippen LogP contribution is -2.10. The van der Waals surface area contributed by atoms with Crippen LogP contribution in [0.2, 0.25) is 0 Å². The topological polar surface area (TPSA) is 119 Å². The van der Waals surface area contributed by atoms with Gasteiger partial charge in [-0.25, -0.2) is 14.0 Å². The molecule has 0 amide bonds. The number of esters is 2. The normalized spacial score (nSPS) is 10.1. The number of benzene rings is 3. The van der Waals surface area contributed by atoms with Gasteiger partial charge in [0, 0.05) is 18.6 Å². The van der Waals surface area contributed by atoms with Crippen molar-refractivity contribution >= 4 is 23.7 Å². The van der Waals surface area contributed by atoms with Gasteiger partial charge >= 0.3 is 11.9 Å². The molecule has 0 fully saturated rings. The average Bonchev–Trinajstić information content (AvgIpc) is 2.94. The maximum Gasteiger partial charge on any atom is 0.335 e. The molecular weight excluding hydrogens is 503 g/mol. The standard InChI is InChI=1S/C30H25FN2O6/c1-4-27(32)37-26-17-19(7-14-25(26)39-30(35)6-3)8-16-28(33)36-22-12-9-20(10-13-22)21-11-15-24(23(31)18-21)38-29(34)5-2/h4-7,9-15,17-18,32-33H,1-3,8,16H2. The third-order valence-electron chi connectivity index (χ3n) is 5.17. The minimum absolute atomic E-state index is 0.00523. The SMILES string of the molecule is C=CC(=N)Oc1cc(CCC(=N)Oc2ccc(-c3ccc(OC(=O)C=C)c(F)c3)cc2)ccc1OC(=O)C=C. The summed E-state index contributed by atoms with van der Waals surface area (Å²) in [5.74, 6) is -1.82. The van der Waals surface area contributed by atoms with Crippen LogP contribution >= 0.6 is 0 Å². The summed E-state index contributed by atoms with van der Waals surface area (Å²) in [6, 6.07) is 15.8. The highest BCUT2D eigenvalue weighted by Gasteiger charge is 2.13. The van der Waals surface area contributed by atoms with Crippen molar-refractivity contribution in [2.45, 2.75) is 12.8 Å². The Hall–Kier alpha value is -5.31. The van der Waals surface area contributed by atoms with Crippen LogP contribution in [-0.2, 0) is 16.0 Å². The first kappa shape index (κ1) is 28.3. The van der Waals surface area contributed by atoms with E-state index in [4.69, 9.17) is 29.8 Å². The zero-order valence-corrected chi connectivity index (χ0v) is 20.9. The third kappa shape index (κ3) is 8.09. The molecule has 0 bridgehead atoms. The van der Waals surface area contributed by atoms with Crippen LogP contribution in [0.25, 0.3) is 11.1 Å². The summed E-state index contributed by atoms with van der Waals surface area (Å²) in [7, 11) is 0. The minimum atomic E-state index is -0.751. The Labute approximate surface area is 224 Å². The van der Waals surface area contributed by atoms with Crippen LogP contribution in [0.3, 0.4) is 0 Å². The summed E-state index contributed by atoms with van der Waals surface area (Å²) in [4.78, 5) is 22.9. The molecule has 3 rings (SSSR count). The summed E-state index contributed by atoms with van der Waals surface area (Å²) in [6.45, 7) is 10.1. The van der Waals surface area contributed by atoms with Crippen molar-refractivity contribution in [2.75, 3.05) is 0 Å². The summed E-state index contributed by atoms with van der Waals surface area (Å²) in [6.07, 6.45) is 3.83. The van der Waals surface area contributed by atoms with Crippen molar-refractivity contribution in [3.05, 3.63) is 110 Å². The lowest BCUT2D eigenvalue weighted by molar-refractivity contribution is -0.130. The molecule has 0 aliphatic rings. The predicted octanol–water partition coefficient (Wildman–Crippen LogP) is 6.21. The van der Waals surface area contributed by atoms with Crippen molar-refractivity contribution < 1.29 is 32.9 Å². The van der Waals surface area contributed by atoms with E-state index in [2.05, 4.69) is 19.7 Å². The summed E-state index contributed by atoms with van der Waals surface area (Å²) >= 11 is 0. The molecular formula is C30H25FN2O6. The van der Waals surface area contributed by atoms with Crippen molar-refractivity contribution in [2.24, 2.45) is 0 Å². The summed E-state index contributed by atoms with van der Waals surface area (Å²) in [5.41, 5.74) is 2.02. The molecule has 0 radical (unpaired) electrons. The van der Waals surface area contributed by atoms with Crippen molar-refractivity contribution in [1.29, 1.82) is 10.8 Å². The monoisotopic (exact) mass is 528 g/mol. The van der Waals surface area contributed by atoms with Gasteiger partial charge in [-0.05, 0) is 65.6 Å². The fourth-order valence-electron chi connectivity index (χ4n) is 3.26. The van der Waals surface area contributed by atoms with Crippen LogP contribution < -0.4 is 18.9 Å². The van der Waals surface area contributed by atoms with Crippen LogP contribution in [0.15, 0.2) is 98.6 Å². The van der Waals surface area contributed by atoms with Crippen LogP contribution in [-0.4, -0.2) is 23.7 Å². The number of ether oxygens (including phenoxy) is 4. The molecule has 0 unspecified atom stereocenters. The Morgan fingerprint density at radius 1 is 0.718 bits per heavy atom. The summed E-state index contributed by atoms with van der Waals surface area (Å²) < 4.78 is 35.3. The Kier molecular flexibility index (Phi) is 9.64. The lowest BCUT2D eigenvalue weighted by atomic mass is 10.1. The molecule has 3 aromatic rings. The number of rotatable bonds is 11. The predicted molar refractivity (Wildman–Crippen MR) is 145 cm³/mol. The fraction of sp³-hybridized carbons (Fsp3) is 0.0667. The molecule has 0 saturated heterocycles. The number of hydrogen-bond donors (Lipinski definition) is 2. The van der Waals surface area contributed by atoms with Gasteiger partial charge in [0.1, 0.15) is 5.75 Å². The van der Waals surface area contributed by atoms with E-state index in [0.29, 0.717) is 23.3 Å². The van der Waals surface area contributed by atoms with Crippen molar-refractivity contribution in [3.63, 3.8) is 0 Å². The highest BCUT2D eigenvalue weighted by molar-refractivity contribution is 5.87. The molecule has 0 aliphatic heterocycles. The zero-order valence-electron chi connectivity index (χ0n) is 20.9. The van der Waals surface area contributed by atoms with Gasteiger partial charge in [0.05, 0.1) is 0 Å². The fourth-order valence-corrected chi connectivity index (χ4v) is 3.26. The lowest BCUT2D eigenvalue weighted by Gasteiger charge is -2.12. The van der Waals surface area contributed by atoms with Gasteiger partial charge in [-0.1, -0.05) is 44.0 Å². The van der Waals surface area contributed by atoms with Crippen LogP contribution in [0.1, 0.15) is 12.0 Å². The molecule has 3 aromatic carbocycles. The van der Waals surface area contributed by atoms with Gasteiger partial charge < -0.3 is 18.9 Å². The quantitative estimate of drug-likeness (QED) is 0.100. The first-order valence-electron chi connectivity index (χ1n) is 11.6. The average molecular weight is 529 g/mol. The molecule has 39 heavy (non-hydrogen) atoms. The first-order valence-corrected chi connectivity index (χ1v) is 11.6. The molecule has 198 valence electrons. The van der Waals surface area contributed by atoms with Crippen LogP contribution in [0.4, 0.5) is 4.39 Å². The Bertz CT molecular complexity index is 1450. The van der Waals surface area contributed by atoms with E-state index >= 15 is 0 Å². The van der Waals surface area contributed by atoms with Crippen LogP contribution in [0, 0.1) is 16.6 Å². The van der Waals surface area contributed by atoms with Gasteiger partial charge in [-0.15, -0.1) is 0 Å². The Morgan fingerprint density at radius 3 is 1.95 bits per heavy atom. The van der Waals surface area contributed by atoms with E-state index in [0.717, 1.165) is 17.7 Å². The molecule has 9 heteroatoms. The molecule has 0 atom stereocenters. The zero-order chi connectivity index (χ0) is 28.4. The van der Waals surface area contributed by atoms with Crippen molar-refractivity contribution in [1.82, 2.24) is 0 Å². The highest BCUT2D eigenvalue weighted by Crippen LogP contribution is 2.30. The number of hydrogen-bond acceptors (Lipinski definition) is 8. The van der Waals surface area contributed by atoms with Gasteiger partial charge in [0.15, 0.2) is 29.0 Å². The number of carbonyl (C=O) groups is 2. The third-order valence-corrected chi connectivity index (χ3v) is 5.17. The Balaban J connectivity index is 1.62. The van der Waals surface area contributed by atoms with Gasteiger partial charge in [-0.2, -0.15) is 0 Å². The largest absolute Gasteiger partial charge is 0.444 e. The molecule has 2 N–H and O–H groups in total. The molecule has 0 heterocycles. The van der Waals surface area contributed by atoms with Gasteiger partial charge in [0.2, 0.25) is 5.90 Å². The van der Waals surface area contributed by atoms with E-state index in [1.165, 1.54) is 24.3 Å². The van der Waals surface area contributed by atoms with Crippen molar-refractivity contribution in [3.8, 4) is 34.1 Å². The Morgan fingerprint density at radius 2 is 1.33 bits per heavy atom. The second-order valence-electron chi connectivity index (χ2n) is 7.90. The van der Waals surface area contributed by atoms with E-state index < -0.39 is 17.8 Å². The maximum absolute atomic E-state index is 14.3. The van der Waals surface area contributed by atoms with E-state index in [-0.39, 0.29) is 35.5 Å². The molecule has 8 nitrogen and oxygen atoms in total. The van der Waals surface area contributed by atoms with Crippen LogP contribution in [0.5, 0.6) is 23.0 Å². The maximum atomic E-state index is 14.3. The minimum Gasteiger partial charge on any atom is -0.444 e. The highest BCUT2D eigenvalue weighted by atomic mass is 19.1. The second kappa shape index (κ2) is 13.3. The first-order chi connectivity index (χ1) is 18.7. The molecule has 0 aliphatic carbocycles. The number of aryl methyl sites for hydroxylation is 1. The number of nitrogens with one attached hydrogen (secondary N) is 2. The summed E-state index contributed by atoms with van der Waals surface area (Å²) in [5, 5.41) is 15.9. The van der Waals surface area contributed by atoms with Gasteiger partial charge in [-0.3, -0.25) is 10.8 Å². The number of halogens is 1. The molecule has 0 aromatic heterocycles. The van der Waals surface area contributed by atoms with E-state index in [1.54, 1.807) is 42.5 Å². The molecule has 0 saturated carbocycles.